The summed E-state index contributed by atoms with van der Waals surface area (Å²) >= 11 is 3.10. The van der Waals surface area contributed by atoms with Crippen molar-refractivity contribution in [3.05, 3.63) is 23.0 Å². The van der Waals surface area contributed by atoms with Gasteiger partial charge in [-0.1, -0.05) is 28.1 Å². The zero-order chi connectivity index (χ0) is 10.8. The van der Waals surface area contributed by atoms with Crippen LogP contribution >= 0.6 is 15.9 Å². The molecule has 0 amide bonds. The van der Waals surface area contributed by atoms with E-state index in [1.807, 2.05) is 0 Å². The first kappa shape index (κ1) is 11.3. The average Bonchev–Trinajstić information content (AvgIpc) is 2.42. The van der Waals surface area contributed by atoms with Crippen molar-refractivity contribution >= 4 is 22.0 Å². The summed E-state index contributed by atoms with van der Waals surface area (Å²) in [4.78, 5) is 0. The van der Waals surface area contributed by atoms with Crippen LogP contribution in [0, 0.1) is 6.92 Å². The van der Waals surface area contributed by atoms with Crippen molar-refractivity contribution in [2.24, 2.45) is 0 Å². The Morgan fingerprint density at radius 3 is 2.64 bits per heavy atom. The van der Waals surface area contributed by atoms with Crippen molar-refractivity contribution in [1.82, 2.24) is 10.2 Å². The molecule has 1 aromatic heterocycles. The second-order valence-corrected chi connectivity index (χ2v) is 3.31. The SMILES string of the molecule is Cc1[nH]nc(C(F)(F)F)c1C=CCBr. The van der Waals surface area contributed by atoms with Crippen molar-refractivity contribution in [2.45, 2.75) is 13.1 Å². The molecule has 1 N–H and O–H groups in total. The van der Waals surface area contributed by atoms with E-state index in [-0.39, 0.29) is 5.56 Å². The quantitative estimate of drug-likeness (QED) is 0.821. The number of aromatic amines is 1. The smallest absolute Gasteiger partial charge is 0.282 e. The van der Waals surface area contributed by atoms with Gasteiger partial charge in [-0.2, -0.15) is 18.3 Å². The summed E-state index contributed by atoms with van der Waals surface area (Å²) < 4.78 is 37.1. The first-order valence-corrected chi connectivity index (χ1v) is 4.93. The Morgan fingerprint density at radius 2 is 2.14 bits per heavy atom. The second kappa shape index (κ2) is 4.16. The molecule has 14 heavy (non-hydrogen) atoms. The van der Waals surface area contributed by atoms with Gasteiger partial charge in [0.1, 0.15) is 0 Å². The van der Waals surface area contributed by atoms with E-state index in [1.54, 1.807) is 13.0 Å². The van der Waals surface area contributed by atoms with Crippen molar-refractivity contribution in [2.75, 3.05) is 5.33 Å². The lowest BCUT2D eigenvalue weighted by molar-refractivity contribution is -0.141. The normalized spacial score (nSPS) is 12.6. The summed E-state index contributed by atoms with van der Waals surface area (Å²) in [6.07, 6.45) is -1.42. The third-order valence-electron chi connectivity index (χ3n) is 1.64. The Balaban J connectivity index is 3.13. The predicted octanol–water partition coefficient (Wildman–Crippen LogP) is 3.15. The van der Waals surface area contributed by atoms with Crippen molar-refractivity contribution in [3.8, 4) is 0 Å². The van der Waals surface area contributed by atoms with Crippen LogP contribution in [0.15, 0.2) is 6.08 Å². The maximum Gasteiger partial charge on any atom is 0.435 e. The van der Waals surface area contributed by atoms with Crippen LogP contribution in [0.4, 0.5) is 13.2 Å². The molecule has 0 bridgehead atoms. The third kappa shape index (κ3) is 2.37. The molecule has 0 spiro atoms. The Hall–Kier alpha value is -0.780. The summed E-state index contributed by atoms with van der Waals surface area (Å²) in [6.45, 7) is 1.55. The van der Waals surface area contributed by atoms with Crippen LogP contribution in [-0.4, -0.2) is 15.5 Å². The van der Waals surface area contributed by atoms with E-state index in [9.17, 15) is 13.2 Å². The number of nitrogens with one attached hydrogen (secondary N) is 1. The number of nitrogens with zero attached hydrogens (tertiary/aromatic N) is 1. The number of rotatable bonds is 2. The monoisotopic (exact) mass is 268 g/mol. The molecule has 0 saturated carbocycles. The van der Waals surface area contributed by atoms with Crippen LogP contribution in [0.3, 0.4) is 0 Å². The predicted molar refractivity (Wildman–Crippen MR) is 51.2 cm³/mol. The first-order valence-electron chi connectivity index (χ1n) is 3.81. The molecular formula is C8H8BrF3N2. The summed E-state index contributed by atoms with van der Waals surface area (Å²) in [6, 6.07) is 0. The molecular weight excluding hydrogens is 261 g/mol. The Labute approximate surface area is 87.3 Å². The van der Waals surface area contributed by atoms with Crippen molar-refractivity contribution in [3.63, 3.8) is 0 Å². The number of hydrogen-bond donors (Lipinski definition) is 1. The van der Waals surface area contributed by atoms with E-state index in [2.05, 4.69) is 26.1 Å². The van der Waals surface area contributed by atoms with E-state index in [4.69, 9.17) is 0 Å². The van der Waals surface area contributed by atoms with Crippen LogP contribution < -0.4 is 0 Å². The summed E-state index contributed by atoms with van der Waals surface area (Å²) in [7, 11) is 0. The van der Waals surface area contributed by atoms with E-state index in [1.165, 1.54) is 6.08 Å². The summed E-state index contributed by atoms with van der Waals surface area (Å²) in [5, 5.41) is 6.05. The average molecular weight is 269 g/mol. The lowest BCUT2D eigenvalue weighted by Gasteiger charge is -2.03. The van der Waals surface area contributed by atoms with Gasteiger partial charge in [-0.15, -0.1) is 0 Å². The molecule has 0 aliphatic carbocycles. The molecule has 0 aliphatic heterocycles. The Kier molecular flexibility index (Phi) is 3.36. The topological polar surface area (TPSA) is 28.7 Å². The van der Waals surface area contributed by atoms with E-state index < -0.39 is 11.9 Å². The van der Waals surface area contributed by atoms with E-state index >= 15 is 0 Å². The van der Waals surface area contributed by atoms with Gasteiger partial charge in [-0.3, -0.25) is 5.10 Å². The fourth-order valence-electron chi connectivity index (χ4n) is 1.02. The molecule has 1 heterocycles. The molecule has 0 unspecified atom stereocenters. The van der Waals surface area contributed by atoms with Gasteiger partial charge in [-0.05, 0) is 6.92 Å². The Bertz CT molecular complexity index is 341. The standard InChI is InChI=1S/C8H8BrF3N2/c1-5-6(3-2-4-9)7(14-13-5)8(10,11)12/h2-3H,4H2,1H3,(H,13,14). The number of aromatic nitrogens is 2. The lowest BCUT2D eigenvalue weighted by atomic mass is 10.1. The molecule has 0 radical (unpaired) electrons. The van der Waals surface area contributed by atoms with Crippen LogP contribution in [0.2, 0.25) is 0 Å². The van der Waals surface area contributed by atoms with Gasteiger partial charge in [0.15, 0.2) is 5.69 Å². The van der Waals surface area contributed by atoms with E-state index in [0.717, 1.165) is 0 Å². The van der Waals surface area contributed by atoms with Crippen LogP contribution in [-0.2, 0) is 6.18 Å². The van der Waals surface area contributed by atoms with Gasteiger partial charge in [0.05, 0.1) is 0 Å². The van der Waals surface area contributed by atoms with Gasteiger partial charge < -0.3 is 0 Å². The fraction of sp³-hybridized carbons (Fsp3) is 0.375. The maximum atomic E-state index is 12.4. The number of H-pyrrole nitrogens is 1. The molecule has 6 heteroatoms. The molecule has 0 saturated heterocycles. The van der Waals surface area contributed by atoms with Gasteiger partial charge in [0.25, 0.3) is 0 Å². The lowest BCUT2D eigenvalue weighted by Crippen LogP contribution is -2.07. The largest absolute Gasteiger partial charge is 0.435 e. The van der Waals surface area contributed by atoms with Gasteiger partial charge in [0, 0.05) is 16.6 Å². The number of hydrogen-bond acceptors (Lipinski definition) is 1. The molecule has 0 aromatic carbocycles. The minimum atomic E-state index is -4.41. The highest BCUT2D eigenvalue weighted by Gasteiger charge is 2.36. The zero-order valence-corrected chi connectivity index (χ0v) is 8.91. The minimum Gasteiger partial charge on any atom is -0.282 e. The van der Waals surface area contributed by atoms with Gasteiger partial charge in [-0.25, -0.2) is 0 Å². The highest BCUT2D eigenvalue weighted by atomic mass is 79.9. The number of allylic oxidation sites excluding steroid dienone is 1. The van der Waals surface area contributed by atoms with Crippen molar-refractivity contribution in [1.29, 1.82) is 0 Å². The molecule has 0 atom stereocenters. The summed E-state index contributed by atoms with van der Waals surface area (Å²) in [5.74, 6) is 0. The van der Waals surface area contributed by atoms with Crippen molar-refractivity contribution < 1.29 is 13.2 Å². The maximum absolute atomic E-state index is 12.4. The van der Waals surface area contributed by atoms with Crippen LogP contribution in [0.25, 0.3) is 6.08 Å². The third-order valence-corrected chi connectivity index (χ3v) is 2.01. The zero-order valence-electron chi connectivity index (χ0n) is 7.32. The van der Waals surface area contributed by atoms with E-state index in [0.29, 0.717) is 11.0 Å². The van der Waals surface area contributed by atoms with Gasteiger partial charge in [0.2, 0.25) is 0 Å². The first-order chi connectivity index (χ1) is 6.46. The molecule has 1 rings (SSSR count). The second-order valence-electron chi connectivity index (χ2n) is 2.67. The molecule has 2 nitrogen and oxygen atoms in total. The highest BCUT2D eigenvalue weighted by Crippen LogP contribution is 2.31. The Morgan fingerprint density at radius 1 is 1.50 bits per heavy atom. The number of aryl methyl sites for hydroxylation is 1. The number of halogens is 4. The fourth-order valence-corrected chi connectivity index (χ4v) is 1.21. The van der Waals surface area contributed by atoms with Crippen LogP contribution in [0.1, 0.15) is 17.0 Å². The summed E-state index contributed by atoms with van der Waals surface area (Å²) in [5.41, 5.74) is -0.362. The van der Waals surface area contributed by atoms with Gasteiger partial charge >= 0.3 is 6.18 Å². The molecule has 1 aromatic rings. The number of alkyl halides is 4. The molecule has 0 fully saturated rings. The van der Waals surface area contributed by atoms with Crippen LogP contribution in [0.5, 0.6) is 0 Å². The minimum absolute atomic E-state index is 0.0944. The molecule has 0 aliphatic rings. The highest BCUT2D eigenvalue weighted by molar-refractivity contribution is 9.09. The molecule has 78 valence electrons.